The molecule has 0 aromatic heterocycles. The van der Waals surface area contributed by atoms with Gasteiger partial charge in [-0.25, -0.2) is 0 Å². The van der Waals surface area contributed by atoms with Gasteiger partial charge in [0.2, 0.25) is 0 Å². The van der Waals surface area contributed by atoms with Crippen molar-refractivity contribution < 1.29 is 0 Å². The van der Waals surface area contributed by atoms with E-state index in [1.165, 1.54) is 38.5 Å². The molecule has 0 N–H and O–H groups in total. The van der Waals surface area contributed by atoms with E-state index in [9.17, 15) is 0 Å². The van der Waals surface area contributed by atoms with E-state index in [1.807, 2.05) is 0 Å². The minimum atomic E-state index is 0.381. The summed E-state index contributed by atoms with van der Waals surface area (Å²) in [5.41, 5.74) is 0.381. The average molecular weight is 192 g/mol. The highest BCUT2D eigenvalue weighted by atomic mass is 14.4. The molecule has 2 unspecified atom stereocenters. The fraction of sp³-hybridized carbons (Fsp3) is 0.714. The number of allylic oxidation sites excluding steroid dienone is 3. The Morgan fingerprint density at radius 2 is 2.21 bits per heavy atom. The van der Waals surface area contributed by atoms with Gasteiger partial charge in [-0.2, -0.15) is 0 Å². The zero-order chi connectivity index (χ0) is 10.4. The van der Waals surface area contributed by atoms with Gasteiger partial charge in [0.1, 0.15) is 0 Å². The van der Waals surface area contributed by atoms with E-state index >= 15 is 0 Å². The maximum atomic E-state index is 4.06. The molecule has 0 heteroatoms. The summed E-state index contributed by atoms with van der Waals surface area (Å²) in [5, 5.41) is 0. The number of rotatable bonds is 3. The molecule has 0 aliphatic heterocycles. The van der Waals surface area contributed by atoms with Crippen LogP contribution in [0.1, 0.15) is 52.4 Å². The standard InChI is InChI=1S/C14H24/c1-4-13-11-9-7-8-10-12-14(13,5-2)6-3/h5,9,11,13H,2,4,6-8,10,12H2,1,3H3/b11-9-. The third-order valence-electron chi connectivity index (χ3n) is 3.87. The summed E-state index contributed by atoms with van der Waals surface area (Å²) in [4.78, 5) is 0. The van der Waals surface area contributed by atoms with Crippen molar-refractivity contribution in [3.05, 3.63) is 24.8 Å². The van der Waals surface area contributed by atoms with Crippen molar-refractivity contribution in [3.8, 4) is 0 Å². The predicted octanol–water partition coefficient (Wildman–Crippen LogP) is 4.73. The molecular formula is C14H24. The van der Waals surface area contributed by atoms with Crippen molar-refractivity contribution in [3.63, 3.8) is 0 Å². The molecule has 0 radical (unpaired) electrons. The first-order chi connectivity index (χ1) is 6.79. The lowest BCUT2D eigenvalue weighted by atomic mass is 9.68. The molecule has 1 aliphatic carbocycles. The number of hydrogen-bond acceptors (Lipinski definition) is 0. The molecule has 1 aliphatic rings. The van der Waals surface area contributed by atoms with Gasteiger partial charge < -0.3 is 0 Å². The molecule has 0 heterocycles. The molecule has 0 saturated carbocycles. The fourth-order valence-corrected chi connectivity index (χ4v) is 2.73. The molecule has 80 valence electrons. The van der Waals surface area contributed by atoms with E-state index in [4.69, 9.17) is 0 Å². The van der Waals surface area contributed by atoms with Crippen LogP contribution in [0.4, 0.5) is 0 Å². The van der Waals surface area contributed by atoms with Crippen molar-refractivity contribution in [1.29, 1.82) is 0 Å². The molecule has 0 saturated heterocycles. The van der Waals surface area contributed by atoms with Crippen molar-refractivity contribution in [2.24, 2.45) is 11.3 Å². The molecule has 0 aromatic carbocycles. The summed E-state index contributed by atoms with van der Waals surface area (Å²) >= 11 is 0. The van der Waals surface area contributed by atoms with Crippen LogP contribution in [0.3, 0.4) is 0 Å². The zero-order valence-corrected chi connectivity index (χ0v) is 9.76. The fourth-order valence-electron chi connectivity index (χ4n) is 2.73. The normalized spacial score (nSPS) is 35.7. The lowest BCUT2D eigenvalue weighted by molar-refractivity contribution is 0.226. The van der Waals surface area contributed by atoms with E-state index in [-0.39, 0.29) is 0 Å². The van der Waals surface area contributed by atoms with Crippen LogP contribution >= 0.6 is 0 Å². The highest BCUT2D eigenvalue weighted by Crippen LogP contribution is 2.42. The Balaban J connectivity index is 2.88. The third-order valence-corrected chi connectivity index (χ3v) is 3.87. The van der Waals surface area contributed by atoms with Crippen LogP contribution in [0.15, 0.2) is 24.8 Å². The molecule has 0 fully saturated rings. The van der Waals surface area contributed by atoms with Crippen molar-refractivity contribution in [2.45, 2.75) is 52.4 Å². The largest absolute Gasteiger partial charge is 0.103 e. The van der Waals surface area contributed by atoms with Gasteiger partial charge in [0, 0.05) is 0 Å². The van der Waals surface area contributed by atoms with E-state index in [2.05, 4.69) is 38.7 Å². The van der Waals surface area contributed by atoms with Gasteiger partial charge in [-0.15, -0.1) is 6.58 Å². The van der Waals surface area contributed by atoms with Crippen molar-refractivity contribution in [1.82, 2.24) is 0 Å². The Labute approximate surface area is 89.1 Å². The van der Waals surface area contributed by atoms with Crippen LogP contribution in [0.2, 0.25) is 0 Å². The first-order valence-electron chi connectivity index (χ1n) is 6.09. The number of hydrogen-bond donors (Lipinski definition) is 0. The van der Waals surface area contributed by atoms with Crippen molar-refractivity contribution in [2.75, 3.05) is 0 Å². The molecule has 0 bridgehead atoms. The second-order valence-corrected chi connectivity index (χ2v) is 4.48. The molecule has 1 rings (SSSR count). The zero-order valence-electron chi connectivity index (χ0n) is 9.76. The van der Waals surface area contributed by atoms with Gasteiger partial charge in [-0.3, -0.25) is 0 Å². The van der Waals surface area contributed by atoms with Gasteiger partial charge >= 0.3 is 0 Å². The Morgan fingerprint density at radius 3 is 2.79 bits per heavy atom. The van der Waals surface area contributed by atoms with E-state index in [0.29, 0.717) is 11.3 Å². The topological polar surface area (TPSA) is 0 Å². The summed E-state index contributed by atoms with van der Waals surface area (Å²) in [6, 6.07) is 0. The van der Waals surface area contributed by atoms with E-state index in [0.717, 1.165) is 0 Å². The van der Waals surface area contributed by atoms with Crippen molar-refractivity contribution >= 4 is 0 Å². The first kappa shape index (κ1) is 11.6. The van der Waals surface area contributed by atoms with Crippen LogP contribution < -0.4 is 0 Å². The maximum absolute atomic E-state index is 4.06. The Kier molecular flexibility index (Phi) is 4.44. The van der Waals surface area contributed by atoms with Crippen LogP contribution in [0.25, 0.3) is 0 Å². The summed E-state index contributed by atoms with van der Waals surface area (Å²) < 4.78 is 0. The molecule has 0 aromatic rings. The smallest absolute Gasteiger partial charge is 0.00609 e. The van der Waals surface area contributed by atoms with Crippen LogP contribution in [-0.4, -0.2) is 0 Å². The molecule has 0 spiro atoms. The molecular weight excluding hydrogens is 168 g/mol. The predicted molar refractivity (Wildman–Crippen MR) is 64.3 cm³/mol. The lowest BCUT2D eigenvalue weighted by Gasteiger charge is -2.37. The van der Waals surface area contributed by atoms with E-state index in [1.54, 1.807) is 0 Å². The maximum Gasteiger partial charge on any atom is -0.00609 e. The molecule has 0 amide bonds. The van der Waals surface area contributed by atoms with Gasteiger partial charge in [-0.1, -0.05) is 38.5 Å². The molecule has 14 heavy (non-hydrogen) atoms. The van der Waals surface area contributed by atoms with Crippen LogP contribution in [0.5, 0.6) is 0 Å². The summed E-state index contributed by atoms with van der Waals surface area (Å²) in [6.45, 7) is 8.67. The second kappa shape index (κ2) is 5.38. The summed E-state index contributed by atoms with van der Waals surface area (Å²) in [7, 11) is 0. The van der Waals surface area contributed by atoms with E-state index < -0.39 is 0 Å². The minimum absolute atomic E-state index is 0.381. The van der Waals surface area contributed by atoms with Gasteiger partial charge in [-0.05, 0) is 43.4 Å². The van der Waals surface area contributed by atoms with Crippen LogP contribution in [-0.2, 0) is 0 Å². The average Bonchev–Trinajstić information content (AvgIpc) is 2.19. The first-order valence-corrected chi connectivity index (χ1v) is 6.09. The van der Waals surface area contributed by atoms with Gasteiger partial charge in [0.05, 0.1) is 0 Å². The van der Waals surface area contributed by atoms with Gasteiger partial charge in [0.25, 0.3) is 0 Å². The summed E-state index contributed by atoms with van der Waals surface area (Å²) in [6.07, 6.45) is 14.8. The SMILES string of the molecule is C=CC1(CC)CCCC/C=C\C1CC. The lowest BCUT2D eigenvalue weighted by Crippen LogP contribution is -2.27. The Morgan fingerprint density at radius 1 is 1.43 bits per heavy atom. The minimum Gasteiger partial charge on any atom is -0.103 e. The third kappa shape index (κ3) is 2.29. The van der Waals surface area contributed by atoms with Gasteiger partial charge in [0.15, 0.2) is 0 Å². The molecule has 2 atom stereocenters. The highest BCUT2D eigenvalue weighted by Gasteiger charge is 2.31. The Hall–Kier alpha value is -0.520. The Bertz CT molecular complexity index is 202. The molecule has 0 nitrogen and oxygen atoms in total. The quantitative estimate of drug-likeness (QED) is 0.567. The second-order valence-electron chi connectivity index (χ2n) is 4.48. The monoisotopic (exact) mass is 192 g/mol. The van der Waals surface area contributed by atoms with Crippen LogP contribution in [0, 0.1) is 11.3 Å². The summed E-state index contributed by atoms with van der Waals surface area (Å²) in [5.74, 6) is 0.713. The highest BCUT2D eigenvalue weighted by molar-refractivity contribution is 5.06.